The van der Waals surface area contributed by atoms with Crippen molar-refractivity contribution >= 4 is 17.3 Å². The predicted molar refractivity (Wildman–Crippen MR) is 122 cm³/mol. The maximum atomic E-state index is 14.8. The van der Waals surface area contributed by atoms with Crippen LogP contribution in [-0.4, -0.2) is 57.7 Å². The van der Waals surface area contributed by atoms with Gasteiger partial charge in [0.1, 0.15) is 11.6 Å². The number of carbonyl (C=O) groups is 1. The quantitative estimate of drug-likeness (QED) is 0.587. The Morgan fingerprint density at radius 1 is 1.20 bits per heavy atom. The predicted octanol–water partition coefficient (Wildman–Crippen LogP) is 4.67. The minimum Gasteiger partial charge on any atom is -0.494 e. The molecule has 30 heavy (non-hydrogen) atoms. The second-order valence-corrected chi connectivity index (χ2v) is 8.08. The van der Waals surface area contributed by atoms with E-state index in [2.05, 4.69) is 30.8 Å². The molecule has 0 aromatic heterocycles. The summed E-state index contributed by atoms with van der Waals surface area (Å²) in [7, 11) is 5.77. The van der Waals surface area contributed by atoms with Gasteiger partial charge >= 0.3 is 0 Å². The number of rotatable bonds is 8. The third kappa shape index (κ3) is 5.11. The van der Waals surface area contributed by atoms with Crippen LogP contribution < -0.4 is 14.5 Å². The van der Waals surface area contributed by atoms with Crippen LogP contribution in [0.15, 0.2) is 42.5 Å². The second kappa shape index (κ2) is 9.94. The van der Waals surface area contributed by atoms with Crippen LogP contribution in [0.1, 0.15) is 38.0 Å². The van der Waals surface area contributed by atoms with Crippen molar-refractivity contribution < 1.29 is 15.3 Å². The van der Waals surface area contributed by atoms with Crippen LogP contribution in [0.4, 0.5) is 15.8 Å². The largest absolute Gasteiger partial charge is 0.494 e. The summed E-state index contributed by atoms with van der Waals surface area (Å²) in [5.74, 6) is 0.266. The topological polar surface area (TPSA) is 36.0 Å². The monoisotopic (exact) mass is 415 g/mol. The molecule has 164 valence electrons. The number of hydrogen-bond acceptors (Lipinski definition) is 4. The van der Waals surface area contributed by atoms with E-state index in [9.17, 15) is 9.18 Å². The molecule has 0 bridgehead atoms. The number of nitrogens with zero attached hydrogens (tertiary/aromatic N) is 3. The van der Waals surface area contributed by atoms with Crippen molar-refractivity contribution in [3.8, 4) is 5.75 Å². The first-order valence-electron chi connectivity index (χ1n) is 10.6. The SMILES string of the molecule is CCCCOc1ccc(C(=O)N(C)c2ccc(N3CCC(N(C)C)C3)c(F)c2)cc1.[HH]. The summed E-state index contributed by atoms with van der Waals surface area (Å²) in [5.41, 5.74) is 1.67. The average molecular weight is 416 g/mol. The van der Waals surface area contributed by atoms with Gasteiger partial charge in [-0.05, 0) is 69.4 Å². The highest BCUT2D eigenvalue weighted by Gasteiger charge is 2.26. The van der Waals surface area contributed by atoms with E-state index in [1.807, 2.05) is 6.07 Å². The molecule has 1 aliphatic rings. The molecule has 0 aliphatic carbocycles. The van der Waals surface area contributed by atoms with E-state index in [-0.39, 0.29) is 13.2 Å². The van der Waals surface area contributed by atoms with Gasteiger partial charge in [-0.1, -0.05) is 13.3 Å². The number of ether oxygens (including phenoxy) is 1. The molecule has 2 aromatic rings. The lowest BCUT2D eigenvalue weighted by atomic mass is 10.1. The van der Waals surface area contributed by atoms with E-state index in [0.29, 0.717) is 29.6 Å². The first kappa shape index (κ1) is 22.1. The van der Waals surface area contributed by atoms with Crippen LogP contribution in [0.25, 0.3) is 0 Å². The Bertz CT molecular complexity index is 860. The Labute approximate surface area is 180 Å². The van der Waals surface area contributed by atoms with Gasteiger partial charge in [0.05, 0.1) is 12.3 Å². The van der Waals surface area contributed by atoms with Gasteiger partial charge in [-0.3, -0.25) is 4.79 Å². The fraction of sp³-hybridized carbons (Fsp3) is 0.458. The first-order chi connectivity index (χ1) is 14.4. The standard InChI is InChI=1S/C24H32FN3O2.H2/c1-5-6-15-30-21-10-7-18(8-11-21)24(29)27(4)19-9-12-23(22(25)16-19)28-14-13-20(17-28)26(2)3;/h7-12,16,20H,5-6,13-15,17H2,1-4H3;1H. The molecule has 2 aromatic carbocycles. The van der Waals surface area contributed by atoms with Crippen molar-refractivity contribution in [2.75, 3.05) is 50.6 Å². The normalized spacial score (nSPS) is 16.2. The van der Waals surface area contributed by atoms with Gasteiger partial charge in [0, 0.05) is 38.9 Å². The Balaban J connectivity index is 0.00000341. The molecule has 1 saturated heterocycles. The molecular weight excluding hydrogens is 381 g/mol. The van der Waals surface area contributed by atoms with Crippen molar-refractivity contribution in [2.24, 2.45) is 0 Å². The number of unbranched alkanes of at least 4 members (excludes halogenated alkanes) is 1. The number of anilines is 2. The summed E-state index contributed by atoms with van der Waals surface area (Å²) < 4.78 is 20.5. The third-order valence-corrected chi connectivity index (χ3v) is 5.73. The minimum atomic E-state index is -0.300. The molecule has 0 N–H and O–H groups in total. The highest BCUT2D eigenvalue weighted by atomic mass is 19.1. The van der Waals surface area contributed by atoms with Gasteiger partial charge in [0.2, 0.25) is 0 Å². The number of benzene rings is 2. The summed E-state index contributed by atoms with van der Waals surface area (Å²) in [6.07, 6.45) is 3.09. The number of hydrogen-bond donors (Lipinski definition) is 0. The van der Waals surface area contributed by atoms with E-state index in [4.69, 9.17) is 4.74 Å². The van der Waals surface area contributed by atoms with Crippen molar-refractivity contribution in [1.29, 1.82) is 0 Å². The number of halogens is 1. The number of likely N-dealkylation sites (N-methyl/N-ethyl adjacent to an activating group) is 1. The van der Waals surface area contributed by atoms with Gasteiger partial charge in [0.25, 0.3) is 5.91 Å². The van der Waals surface area contributed by atoms with Crippen LogP contribution >= 0.6 is 0 Å². The van der Waals surface area contributed by atoms with E-state index in [0.717, 1.165) is 38.1 Å². The molecule has 1 unspecified atom stereocenters. The molecule has 5 nitrogen and oxygen atoms in total. The lowest BCUT2D eigenvalue weighted by Gasteiger charge is -2.23. The Morgan fingerprint density at radius 2 is 1.93 bits per heavy atom. The number of amides is 1. The van der Waals surface area contributed by atoms with Crippen molar-refractivity contribution in [1.82, 2.24) is 4.90 Å². The maximum absolute atomic E-state index is 14.8. The number of carbonyl (C=O) groups excluding carboxylic acids is 1. The van der Waals surface area contributed by atoms with E-state index in [1.54, 1.807) is 37.4 Å². The zero-order valence-corrected chi connectivity index (χ0v) is 18.4. The minimum absolute atomic E-state index is 0. The summed E-state index contributed by atoms with van der Waals surface area (Å²) >= 11 is 0. The maximum Gasteiger partial charge on any atom is 0.258 e. The molecule has 0 saturated carbocycles. The smallest absolute Gasteiger partial charge is 0.258 e. The Kier molecular flexibility index (Phi) is 7.32. The van der Waals surface area contributed by atoms with Crippen LogP contribution in [0, 0.1) is 5.82 Å². The average Bonchev–Trinajstić information content (AvgIpc) is 3.23. The zero-order valence-electron chi connectivity index (χ0n) is 18.4. The molecule has 0 spiro atoms. The molecule has 6 heteroatoms. The lowest BCUT2D eigenvalue weighted by molar-refractivity contribution is 0.0993. The van der Waals surface area contributed by atoms with Crippen molar-refractivity contribution in [3.05, 3.63) is 53.8 Å². The van der Waals surface area contributed by atoms with E-state index in [1.165, 1.54) is 11.0 Å². The molecule has 0 radical (unpaired) electrons. The van der Waals surface area contributed by atoms with Crippen LogP contribution in [0.2, 0.25) is 0 Å². The molecule has 3 rings (SSSR count). The van der Waals surface area contributed by atoms with Gasteiger partial charge in [0.15, 0.2) is 0 Å². The van der Waals surface area contributed by atoms with Gasteiger partial charge < -0.3 is 19.4 Å². The highest BCUT2D eigenvalue weighted by molar-refractivity contribution is 6.05. The lowest BCUT2D eigenvalue weighted by Crippen LogP contribution is -2.31. The Hall–Kier alpha value is -2.60. The summed E-state index contributed by atoms with van der Waals surface area (Å²) in [6, 6.07) is 12.6. The molecular formula is C24H34FN3O2. The Morgan fingerprint density at radius 3 is 2.53 bits per heavy atom. The van der Waals surface area contributed by atoms with E-state index < -0.39 is 0 Å². The van der Waals surface area contributed by atoms with Gasteiger partial charge in [-0.25, -0.2) is 4.39 Å². The van der Waals surface area contributed by atoms with Crippen LogP contribution in [0.3, 0.4) is 0 Å². The molecule has 1 heterocycles. The van der Waals surface area contributed by atoms with Crippen LogP contribution in [-0.2, 0) is 0 Å². The summed E-state index contributed by atoms with van der Waals surface area (Å²) in [4.78, 5) is 18.6. The van der Waals surface area contributed by atoms with Crippen molar-refractivity contribution in [2.45, 2.75) is 32.2 Å². The molecule has 1 aliphatic heterocycles. The van der Waals surface area contributed by atoms with Crippen LogP contribution in [0.5, 0.6) is 5.75 Å². The van der Waals surface area contributed by atoms with Gasteiger partial charge in [-0.2, -0.15) is 0 Å². The molecule has 1 atom stereocenters. The molecule has 1 fully saturated rings. The fourth-order valence-corrected chi connectivity index (χ4v) is 3.68. The second-order valence-electron chi connectivity index (χ2n) is 8.08. The first-order valence-corrected chi connectivity index (χ1v) is 10.6. The highest BCUT2D eigenvalue weighted by Crippen LogP contribution is 2.29. The summed E-state index contributed by atoms with van der Waals surface area (Å²) in [6.45, 7) is 4.43. The van der Waals surface area contributed by atoms with Gasteiger partial charge in [-0.15, -0.1) is 0 Å². The van der Waals surface area contributed by atoms with Crippen molar-refractivity contribution in [3.63, 3.8) is 0 Å². The van der Waals surface area contributed by atoms with E-state index >= 15 is 0 Å². The molecule has 1 amide bonds. The zero-order chi connectivity index (χ0) is 21.7. The third-order valence-electron chi connectivity index (χ3n) is 5.73. The summed E-state index contributed by atoms with van der Waals surface area (Å²) in [5, 5.41) is 0. The fourth-order valence-electron chi connectivity index (χ4n) is 3.68.